The van der Waals surface area contributed by atoms with Crippen LogP contribution in [0, 0.1) is 17.8 Å². The molecule has 2 aromatic heterocycles. The van der Waals surface area contributed by atoms with Gasteiger partial charge in [0.2, 0.25) is 0 Å². The van der Waals surface area contributed by atoms with Crippen molar-refractivity contribution in [3.05, 3.63) is 32.6 Å². The predicted octanol–water partition coefficient (Wildman–Crippen LogP) is 5.04. The Balaban J connectivity index is 1.29. The van der Waals surface area contributed by atoms with Gasteiger partial charge in [0.1, 0.15) is 17.8 Å². The molecule has 12 heteroatoms. The van der Waals surface area contributed by atoms with E-state index < -0.39 is 24.0 Å². The zero-order valence-electron chi connectivity index (χ0n) is 20.3. The average Bonchev–Trinajstić information content (AvgIpc) is 3.71. The average molecular weight is 557 g/mol. The van der Waals surface area contributed by atoms with Crippen LogP contribution in [0.5, 0.6) is 0 Å². The number of rotatable bonds is 9. The van der Waals surface area contributed by atoms with Gasteiger partial charge in [-0.05, 0) is 55.9 Å². The van der Waals surface area contributed by atoms with Crippen LogP contribution in [0.2, 0.25) is 0 Å². The van der Waals surface area contributed by atoms with Crippen LogP contribution in [-0.4, -0.2) is 39.2 Å². The highest BCUT2D eigenvalue weighted by Gasteiger charge is 2.44. The number of anilines is 1. The number of halogens is 4. The highest BCUT2D eigenvalue weighted by atomic mass is 32.1. The first-order chi connectivity index (χ1) is 17.5. The number of carbonyl (C=O) groups excluding carboxylic acids is 2. The van der Waals surface area contributed by atoms with Crippen molar-refractivity contribution in [3.8, 4) is 0 Å². The number of fused-ring (bicyclic) bond motifs is 1. The van der Waals surface area contributed by atoms with E-state index in [4.69, 9.17) is 12.2 Å². The summed E-state index contributed by atoms with van der Waals surface area (Å²) in [6, 6.07) is 0.928. The minimum atomic E-state index is -4.54. The van der Waals surface area contributed by atoms with Crippen LogP contribution in [0.4, 0.5) is 23.4 Å². The van der Waals surface area contributed by atoms with Gasteiger partial charge < -0.3 is 10.6 Å². The second kappa shape index (κ2) is 10.1. The van der Waals surface area contributed by atoms with Gasteiger partial charge in [-0.25, -0.2) is 4.39 Å². The number of hydrogen-bond acceptors (Lipinski definition) is 5. The Bertz CT molecular complexity index is 1230. The minimum Gasteiger partial charge on any atom is -0.352 e. The summed E-state index contributed by atoms with van der Waals surface area (Å²) in [4.78, 5) is 28.0. The van der Waals surface area contributed by atoms with Gasteiger partial charge in [-0.15, -0.1) is 11.3 Å². The minimum absolute atomic E-state index is 0.0710. The second-order valence-electron chi connectivity index (χ2n) is 10.4. The normalized spacial score (nSPS) is 22.9. The van der Waals surface area contributed by atoms with E-state index in [1.165, 1.54) is 18.4 Å². The highest BCUT2D eigenvalue weighted by molar-refractivity contribution is 7.80. The number of Topliss-reactive ketones (excluding diaryl/α,β-unsaturated/α-hetero) is 1. The number of ketones is 1. The summed E-state index contributed by atoms with van der Waals surface area (Å²) in [5.74, 6) is -0.133. The van der Waals surface area contributed by atoms with E-state index in [2.05, 4.69) is 15.7 Å². The van der Waals surface area contributed by atoms with Crippen molar-refractivity contribution < 1.29 is 27.2 Å². The van der Waals surface area contributed by atoms with Crippen molar-refractivity contribution in [1.29, 1.82) is 0 Å². The number of thiocarbonyl (C=S) groups is 1. The number of aromatic nitrogens is 2. The van der Waals surface area contributed by atoms with Crippen molar-refractivity contribution in [2.75, 3.05) is 11.9 Å². The molecule has 0 spiro atoms. The molecule has 2 fully saturated rings. The second-order valence-corrected chi connectivity index (χ2v) is 12.0. The first kappa shape index (κ1) is 26.3. The zero-order chi connectivity index (χ0) is 26.5. The Morgan fingerprint density at radius 1 is 1.24 bits per heavy atom. The van der Waals surface area contributed by atoms with Gasteiger partial charge >= 0.3 is 6.18 Å². The molecule has 0 saturated heterocycles. The van der Waals surface area contributed by atoms with Crippen molar-refractivity contribution >= 4 is 46.1 Å². The number of alkyl halides is 4. The number of amides is 1. The van der Waals surface area contributed by atoms with Crippen molar-refractivity contribution in [2.24, 2.45) is 24.8 Å². The Morgan fingerprint density at radius 2 is 1.97 bits per heavy atom. The van der Waals surface area contributed by atoms with Crippen LogP contribution in [0.25, 0.3) is 0 Å². The number of hydrogen-bond donors (Lipinski definition) is 2. The molecule has 3 aliphatic carbocycles. The van der Waals surface area contributed by atoms with E-state index in [9.17, 15) is 27.2 Å². The molecular formula is C25H28F4N4O2S2. The highest BCUT2D eigenvalue weighted by Crippen LogP contribution is 2.41. The molecule has 6 nitrogen and oxygen atoms in total. The lowest BCUT2D eigenvalue weighted by atomic mass is 9.83. The summed E-state index contributed by atoms with van der Waals surface area (Å²) in [6.45, 7) is 0.605. The van der Waals surface area contributed by atoms with Gasteiger partial charge in [0.25, 0.3) is 5.91 Å². The van der Waals surface area contributed by atoms with Crippen molar-refractivity contribution in [1.82, 2.24) is 15.1 Å². The molecule has 200 valence electrons. The van der Waals surface area contributed by atoms with Gasteiger partial charge in [-0.2, -0.15) is 18.3 Å². The molecule has 3 atom stereocenters. The molecule has 0 aromatic carbocycles. The van der Waals surface area contributed by atoms with Crippen LogP contribution < -0.4 is 10.6 Å². The summed E-state index contributed by atoms with van der Waals surface area (Å²) < 4.78 is 53.5. The maximum Gasteiger partial charge on any atom is 0.435 e. The summed E-state index contributed by atoms with van der Waals surface area (Å²) in [6.07, 6.45) is -0.521. The fourth-order valence-electron chi connectivity index (χ4n) is 4.89. The zero-order valence-corrected chi connectivity index (χ0v) is 21.9. The quantitative estimate of drug-likeness (QED) is 0.334. The molecule has 0 bridgehead atoms. The molecular weight excluding hydrogens is 528 g/mol. The maximum absolute atomic E-state index is 13.5. The third kappa shape index (κ3) is 6.05. The number of nitrogens with one attached hydrogen (secondary N) is 2. The van der Waals surface area contributed by atoms with Crippen LogP contribution in [0.15, 0.2) is 6.07 Å². The summed E-state index contributed by atoms with van der Waals surface area (Å²) >= 11 is 6.93. The smallest absolute Gasteiger partial charge is 0.352 e. The lowest BCUT2D eigenvalue weighted by Gasteiger charge is -2.23. The third-order valence-corrected chi connectivity index (χ3v) is 8.84. The molecule has 1 amide bonds. The van der Waals surface area contributed by atoms with E-state index in [-0.39, 0.29) is 36.3 Å². The molecule has 2 aromatic rings. The number of aryl methyl sites for hydroxylation is 2. The Labute approximate surface area is 221 Å². The van der Waals surface area contributed by atoms with E-state index >= 15 is 0 Å². The van der Waals surface area contributed by atoms with Crippen molar-refractivity contribution in [2.45, 2.75) is 63.7 Å². The SMILES string of the molecule is Cn1nc(C(F)(F)F)cc1NC(=S)C[C@H]1CCc2sc(CC(=O)[C@@H]3C[C@@H]3F)c(C(=O)NCC3CC3)c2C1. The van der Waals surface area contributed by atoms with Gasteiger partial charge in [0.15, 0.2) is 5.69 Å². The molecule has 5 rings (SSSR count). The number of carbonyl (C=O) groups is 2. The Morgan fingerprint density at radius 3 is 2.59 bits per heavy atom. The summed E-state index contributed by atoms with van der Waals surface area (Å²) in [7, 11) is 1.42. The maximum atomic E-state index is 13.5. The Kier molecular flexibility index (Phi) is 7.16. The van der Waals surface area contributed by atoms with Crippen LogP contribution in [0.1, 0.15) is 63.5 Å². The predicted molar refractivity (Wildman–Crippen MR) is 136 cm³/mol. The third-order valence-electron chi connectivity index (χ3n) is 7.28. The van der Waals surface area contributed by atoms with Crippen LogP contribution in [-0.2, 0) is 37.3 Å². The van der Waals surface area contributed by atoms with Gasteiger partial charge in [-0.1, -0.05) is 12.2 Å². The van der Waals surface area contributed by atoms with Gasteiger partial charge in [0, 0.05) is 42.3 Å². The fourth-order valence-corrected chi connectivity index (χ4v) is 6.59. The Hall–Kier alpha value is -2.34. The van der Waals surface area contributed by atoms with E-state index in [0.717, 1.165) is 46.9 Å². The van der Waals surface area contributed by atoms with Crippen molar-refractivity contribution in [3.63, 3.8) is 0 Å². The number of thiophene rings is 1. The van der Waals surface area contributed by atoms with E-state index in [1.807, 2.05) is 0 Å². The topological polar surface area (TPSA) is 76.0 Å². The van der Waals surface area contributed by atoms with E-state index in [0.29, 0.717) is 40.7 Å². The monoisotopic (exact) mass is 556 g/mol. The molecule has 0 aliphatic heterocycles. The van der Waals surface area contributed by atoms with Gasteiger partial charge in [-0.3, -0.25) is 14.3 Å². The first-order valence-electron chi connectivity index (χ1n) is 12.5. The molecule has 2 N–H and O–H groups in total. The summed E-state index contributed by atoms with van der Waals surface area (Å²) in [5, 5.41) is 9.40. The van der Waals surface area contributed by atoms with Crippen LogP contribution in [0.3, 0.4) is 0 Å². The molecule has 2 heterocycles. The lowest BCUT2D eigenvalue weighted by molar-refractivity contribution is -0.141. The fraction of sp³-hybridized carbons (Fsp3) is 0.600. The standard InChI is InChI=1S/C25H28F4N4O2S2/c1-33-21(10-20(32-33)25(27,28)29)31-22(36)7-13-4-5-18-15(6-13)23(24(35)30-11-12-2-3-12)19(37-18)9-17(34)14-8-16(14)26/h10,12-14,16H,2-9,11H2,1H3,(H,30,35)(H,31,36)/t13-,14+,16-/m0/s1. The van der Waals surface area contributed by atoms with Crippen LogP contribution >= 0.6 is 23.6 Å². The lowest BCUT2D eigenvalue weighted by Crippen LogP contribution is -2.28. The van der Waals surface area contributed by atoms with Gasteiger partial charge in [0.05, 0.1) is 16.5 Å². The largest absolute Gasteiger partial charge is 0.435 e. The number of nitrogens with zero attached hydrogens (tertiary/aromatic N) is 2. The van der Waals surface area contributed by atoms with E-state index in [1.54, 1.807) is 0 Å². The molecule has 0 unspecified atom stereocenters. The summed E-state index contributed by atoms with van der Waals surface area (Å²) in [5.41, 5.74) is 0.484. The molecule has 0 radical (unpaired) electrons. The molecule has 2 saturated carbocycles. The molecule has 3 aliphatic rings. The first-order valence-corrected chi connectivity index (χ1v) is 13.7. The molecule has 37 heavy (non-hydrogen) atoms.